The zero-order valence-electron chi connectivity index (χ0n) is 22.2. The van der Waals surface area contributed by atoms with Gasteiger partial charge in [-0.15, -0.1) is 0 Å². The number of halogens is 1. The lowest BCUT2D eigenvalue weighted by Gasteiger charge is -2.32. The molecule has 0 saturated heterocycles. The van der Waals surface area contributed by atoms with Gasteiger partial charge < -0.3 is 29.1 Å². The second-order valence-electron chi connectivity index (χ2n) is 9.62. The van der Waals surface area contributed by atoms with Crippen molar-refractivity contribution in [3.63, 3.8) is 0 Å². The lowest BCUT2D eigenvalue weighted by Crippen LogP contribution is -2.39. The monoisotopic (exact) mass is 538 g/mol. The number of amides is 1. The van der Waals surface area contributed by atoms with Crippen molar-refractivity contribution in [2.45, 2.75) is 38.6 Å². The summed E-state index contributed by atoms with van der Waals surface area (Å²) in [6, 6.07) is 3.39. The first kappa shape index (κ1) is 27.2. The number of hydrogen-bond donors (Lipinski definition) is 2. The SMILES string of the molecule is CCOCCOCCOCCNC(=O)[C@@H]1CCCC[C@H]1n1ccc2cnc(-c3c[nH]c4ncc(F)cc34)nc21. The molecule has 0 aliphatic heterocycles. The van der Waals surface area contributed by atoms with Crippen LogP contribution in [0.5, 0.6) is 0 Å². The molecule has 1 saturated carbocycles. The van der Waals surface area contributed by atoms with Gasteiger partial charge >= 0.3 is 0 Å². The van der Waals surface area contributed by atoms with Crippen molar-refractivity contribution in [1.82, 2.24) is 29.8 Å². The topological polar surface area (TPSA) is 116 Å². The highest BCUT2D eigenvalue weighted by Crippen LogP contribution is 2.36. The number of hydrogen-bond acceptors (Lipinski definition) is 7. The Labute approximate surface area is 226 Å². The van der Waals surface area contributed by atoms with Gasteiger partial charge in [-0.05, 0) is 31.9 Å². The van der Waals surface area contributed by atoms with Crippen LogP contribution in [0.25, 0.3) is 33.5 Å². The number of nitrogens with zero attached hydrogens (tertiary/aromatic N) is 4. The van der Waals surface area contributed by atoms with Crippen LogP contribution in [0.4, 0.5) is 4.39 Å². The van der Waals surface area contributed by atoms with Crippen molar-refractivity contribution >= 4 is 28.0 Å². The van der Waals surface area contributed by atoms with E-state index < -0.39 is 5.82 Å². The molecule has 0 bridgehead atoms. The zero-order chi connectivity index (χ0) is 27.0. The highest BCUT2D eigenvalue weighted by Gasteiger charge is 2.33. The maximum atomic E-state index is 13.9. The van der Waals surface area contributed by atoms with Crippen LogP contribution >= 0.6 is 0 Å². The van der Waals surface area contributed by atoms with E-state index in [4.69, 9.17) is 19.2 Å². The molecule has 11 heteroatoms. The number of pyridine rings is 1. The van der Waals surface area contributed by atoms with E-state index in [0.717, 1.165) is 36.7 Å². The van der Waals surface area contributed by atoms with E-state index in [1.54, 1.807) is 12.4 Å². The number of fused-ring (bicyclic) bond motifs is 2. The molecule has 208 valence electrons. The van der Waals surface area contributed by atoms with Crippen molar-refractivity contribution < 1.29 is 23.4 Å². The Hall–Kier alpha value is -3.41. The fourth-order valence-electron chi connectivity index (χ4n) is 5.21. The van der Waals surface area contributed by atoms with E-state index in [0.29, 0.717) is 68.6 Å². The van der Waals surface area contributed by atoms with E-state index >= 15 is 0 Å². The van der Waals surface area contributed by atoms with Crippen molar-refractivity contribution in [1.29, 1.82) is 0 Å². The normalized spacial score (nSPS) is 17.7. The van der Waals surface area contributed by atoms with Crippen LogP contribution < -0.4 is 5.32 Å². The lowest BCUT2D eigenvalue weighted by atomic mass is 9.83. The first-order valence-electron chi connectivity index (χ1n) is 13.6. The molecular weight excluding hydrogens is 503 g/mol. The number of nitrogens with one attached hydrogen (secondary N) is 2. The Bertz CT molecular complexity index is 1390. The van der Waals surface area contributed by atoms with E-state index in [2.05, 4.69) is 24.8 Å². The molecule has 1 amide bonds. The molecule has 4 aromatic heterocycles. The van der Waals surface area contributed by atoms with Gasteiger partial charge in [-0.25, -0.2) is 19.3 Å². The Morgan fingerprint density at radius 1 is 1.10 bits per heavy atom. The molecule has 1 aliphatic rings. The van der Waals surface area contributed by atoms with Crippen LogP contribution in [0, 0.1) is 11.7 Å². The van der Waals surface area contributed by atoms with Crippen LogP contribution in [0.2, 0.25) is 0 Å². The highest BCUT2D eigenvalue weighted by atomic mass is 19.1. The summed E-state index contributed by atoms with van der Waals surface area (Å²) in [6.45, 7) is 5.62. The lowest BCUT2D eigenvalue weighted by molar-refractivity contribution is -0.127. The van der Waals surface area contributed by atoms with Crippen molar-refractivity contribution in [3.8, 4) is 11.4 Å². The van der Waals surface area contributed by atoms with Crippen molar-refractivity contribution in [2.24, 2.45) is 5.92 Å². The van der Waals surface area contributed by atoms with Gasteiger partial charge in [0.25, 0.3) is 0 Å². The summed E-state index contributed by atoms with van der Waals surface area (Å²) in [7, 11) is 0. The second-order valence-corrected chi connectivity index (χ2v) is 9.62. The summed E-state index contributed by atoms with van der Waals surface area (Å²) in [5, 5.41) is 4.57. The van der Waals surface area contributed by atoms with Gasteiger partial charge in [0.05, 0.1) is 45.1 Å². The fourth-order valence-corrected chi connectivity index (χ4v) is 5.21. The number of carbonyl (C=O) groups is 1. The number of rotatable bonds is 13. The molecule has 1 aliphatic carbocycles. The van der Waals surface area contributed by atoms with Crippen LogP contribution in [-0.2, 0) is 19.0 Å². The Balaban J connectivity index is 1.23. The molecule has 0 unspecified atom stereocenters. The van der Waals surface area contributed by atoms with Gasteiger partial charge in [-0.2, -0.15) is 0 Å². The quantitative estimate of drug-likeness (QED) is 0.247. The van der Waals surface area contributed by atoms with E-state index in [9.17, 15) is 9.18 Å². The molecule has 10 nitrogen and oxygen atoms in total. The third-order valence-corrected chi connectivity index (χ3v) is 7.11. The molecule has 1 fully saturated rings. The maximum absolute atomic E-state index is 13.9. The molecular formula is C28H35FN6O4. The van der Waals surface area contributed by atoms with Crippen LogP contribution in [-0.4, -0.2) is 76.6 Å². The van der Waals surface area contributed by atoms with Gasteiger partial charge in [-0.3, -0.25) is 4.79 Å². The Morgan fingerprint density at radius 2 is 1.90 bits per heavy atom. The molecule has 5 rings (SSSR count). The zero-order valence-corrected chi connectivity index (χ0v) is 22.2. The predicted octanol–water partition coefficient (Wildman–Crippen LogP) is 4.03. The summed E-state index contributed by atoms with van der Waals surface area (Å²) in [4.78, 5) is 29.8. The van der Waals surface area contributed by atoms with Gasteiger partial charge in [0.1, 0.15) is 17.1 Å². The molecule has 2 atom stereocenters. The Morgan fingerprint density at radius 3 is 2.74 bits per heavy atom. The molecule has 0 spiro atoms. The van der Waals surface area contributed by atoms with Crippen LogP contribution in [0.3, 0.4) is 0 Å². The Kier molecular flexibility index (Phi) is 9.12. The molecule has 2 N–H and O–H groups in total. The molecule has 4 aromatic rings. The van der Waals surface area contributed by atoms with Crippen molar-refractivity contribution in [2.75, 3.05) is 46.2 Å². The van der Waals surface area contributed by atoms with Gasteiger partial charge in [-0.1, -0.05) is 12.8 Å². The van der Waals surface area contributed by atoms with E-state index in [-0.39, 0.29) is 17.9 Å². The number of ether oxygens (including phenoxy) is 3. The first-order valence-corrected chi connectivity index (χ1v) is 13.6. The minimum absolute atomic E-state index is 0.0132. The average molecular weight is 539 g/mol. The number of carbonyl (C=O) groups excluding carboxylic acids is 1. The second kappa shape index (κ2) is 13.1. The molecule has 4 heterocycles. The highest BCUT2D eigenvalue weighted by molar-refractivity contribution is 5.92. The summed E-state index contributed by atoms with van der Waals surface area (Å²) < 4.78 is 32.2. The minimum Gasteiger partial charge on any atom is -0.379 e. The standard InChI is InChI=1S/C28H35FN6O4/c1-2-37-11-12-39-14-13-38-10-8-30-28(36)21-5-3-4-6-24(21)35-9-7-19-16-31-26(34-27(19)35)23-18-33-25-22(23)15-20(29)17-32-25/h7,9,15-18,21,24H,2-6,8,10-14H2,1H3,(H,30,36)(H,32,33)/t21-,24-/m1/s1. The van der Waals surface area contributed by atoms with Crippen LogP contribution in [0.1, 0.15) is 38.6 Å². The van der Waals surface area contributed by atoms with Gasteiger partial charge in [0, 0.05) is 54.1 Å². The predicted molar refractivity (Wildman–Crippen MR) is 145 cm³/mol. The van der Waals surface area contributed by atoms with Gasteiger partial charge in [0.15, 0.2) is 5.82 Å². The molecule has 39 heavy (non-hydrogen) atoms. The summed E-state index contributed by atoms with van der Waals surface area (Å²) in [6.07, 6.45) is 10.5. The summed E-state index contributed by atoms with van der Waals surface area (Å²) in [5.41, 5.74) is 2.02. The first-order chi connectivity index (χ1) is 19.2. The summed E-state index contributed by atoms with van der Waals surface area (Å²) >= 11 is 0. The van der Waals surface area contributed by atoms with Gasteiger partial charge in [0.2, 0.25) is 5.91 Å². The van der Waals surface area contributed by atoms with E-state index in [1.807, 2.05) is 19.2 Å². The minimum atomic E-state index is -0.417. The number of aromatic nitrogens is 5. The third-order valence-electron chi connectivity index (χ3n) is 7.11. The number of H-pyrrole nitrogens is 1. The molecule has 0 radical (unpaired) electrons. The van der Waals surface area contributed by atoms with Crippen molar-refractivity contribution in [3.05, 3.63) is 42.7 Å². The molecule has 0 aromatic carbocycles. The van der Waals surface area contributed by atoms with Crippen LogP contribution in [0.15, 0.2) is 36.9 Å². The fraction of sp³-hybridized carbons (Fsp3) is 0.500. The third kappa shape index (κ3) is 6.43. The summed E-state index contributed by atoms with van der Waals surface area (Å²) in [5.74, 6) is -0.0661. The maximum Gasteiger partial charge on any atom is 0.225 e. The number of aromatic amines is 1. The smallest absolute Gasteiger partial charge is 0.225 e. The van der Waals surface area contributed by atoms with E-state index in [1.165, 1.54) is 12.3 Å². The average Bonchev–Trinajstić information content (AvgIpc) is 3.57. The largest absolute Gasteiger partial charge is 0.379 e.